The Morgan fingerprint density at radius 2 is 1.04 bits per heavy atom. The third kappa shape index (κ3) is 3.54. The summed E-state index contributed by atoms with van der Waals surface area (Å²) in [5.41, 5.74) is 12.4. The van der Waals surface area contributed by atoms with Crippen LogP contribution >= 0.6 is 0 Å². The van der Waals surface area contributed by atoms with E-state index in [1.807, 2.05) is 0 Å². The van der Waals surface area contributed by atoms with Gasteiger partial charge in [0.2, 0.25) is 0 Å². The van der Waals surface area contributed by atoms with Gasteiger partial charge in [-0.2, -0.15) is 0 Å². The van der Waals surface area contributed by atoms with Crippen molar-refractivity contribution in [2.45, 2.75) is 5.41 Å². The Labute approximate surface area is 272 Å². The molecule has 0 saturated heterocycles. The lowest BCUT2D eigenvalue weighted by Crippen LogP contribution is -2.35. The summed E-state index contributed by atoms with van der Waals surface area (Å²) in [5.74, 6) is 0.934. The maximum atomic E-state index is 5.22. The van der Waals surface area contributed by atoms with Gasteiger partial charge in [-0.25, -0.2) is 4.98 Å². The van der Waals surface area contributed by atoms with E-state index in [4.69, 9.17) is 4.98 Å². The summed E-state index contributed by atoms with van der Waals surface area (Å²) < 4.78 is 4.85. The van der Waals surface area contributed by atoms with Crippen LogP contribution in [0.25, 0.3) is 55.6 Å². The number of hydrogen-bond donors (Lipinski definition) is 0. The molecule has 10 rings (SSSR count). The first-order valence-electron chi connectivity index (χ1n) is 16.2. The summed E-state index contributed by atoms with van der Waals surface area (Å²) in [6.45, 7) is 0. The lowest BCUT2D eigenvalue weighted by molar-refractivity contribution is 0.727. The van der Waals surface area contributed by atoms with Crippen LogP contribution < -0.4 is 0 Å². The van der Waals surface area contributed by atoms with Crippen LogP contribution in [-0.4, -0.2) is 14.1 Å². The van der Waals surface area contributed by atoms with Gasteiger partial charge in [0, 0.05) is 22.0 Å². The molecule has 1 aliphatic rings. The Balaban J connectivity index is 1.44. The summed E-state index contributed by atoms with van der Waals surface area (Å²) in [6.07, 6.45) is 0. The maximum absolute atomic E-state index is 5.22. The van der Waals surface area contributed by atoms with Crippen molar-refractivity contribution in [2.75, 3.05) is 0 Å². The van der Waals surface area contributed by atoms with Gasteiger partial charge in [-0.3, -0.25) is 4.57 Å². The summed E-state index contributed by atoms with van der Waals surface area (Å²) >= 11 is 0. The molecule has 9 aromatic rings. The van der Waals surface area contributed by atoms with Gasteiger partial charge in [0.15, 0.2) is 0 Å². The first-order chi connectivity index (χ1) is 23.3. The van der Waals surface area contributed by atoms with Crippen molar-refractivity contribution in [2.24, 2.45) is 0 Å². The van der Waals surface area contributed by atoms with E-state index in [1.165, 1.54) is 49.7 Å². The summed E-state index contributed by atoms with van der Waals surface area (Å²) in [6, 6.07) is 63.8. The predicted octanol–water partition coefficient (Wildman–Crippen LogP) is 10.5. The Kier molecular flexibility index (Phi) is 5.49. The molecule has 0 amide bonds. The number of rotatable bonds is 4. The van der Waals surface area contributed by atoms with Crippen molar-refractivity contribution in [1.82, 2.24) is 14.1 Å². The Bertz CT molecular complexity index is 2570. The molecule has 3 nitrogen and oxygen atoms in total. The van der Waals surface area contributed by atoms with Crippen molar-refractivity contribution < 1.29 is 0 Å². The van der Waals surface area contributed by atoms with Gasteiger partial charge < -0.3 is 4.57 Å². The van der Waals surface area contributed by atoms with Crippen molar-refractivity contribution in [3.63, 3.8) is 0 Å². The molecule has 3 heterocycles. The highest BCUT2D eigenvalue weighted by atomic mass is 15.1. The SMILES string of the molecule is c1ccc(-c2nc3ccccc3n2-c2cc3c4c(c2)c2ccccc2n4-c2ccccc2C3(c2ccccc2)c2ccccc2)cc1. The average molecular weight is 600 g/mol. The van der Waals surface area contributed by atoms with Crippen molar-refractivity contribution in [3.8, 4) is 22.8 Å². The van der Waals surface area contributed by atoms with E-state index in [-0.39, 0.29) is 0 Å². The van der Waals surface area contributed by atoms with Crippen LogP contribution in [0.4, 0.5) is 0 Å². The zero-order valence-corrected chi connectivity index (χ0v) is 25.6. The van der Waals surface area contributed by atoms with Gasteiger partial charge in [0.05, 0.1) is 33.2 Å². The first-order valence-corrected chi connectivity index (χ1v) is 16.2. The fourth-order valence-electron chi connectivity index (χ4n) is 8.11. The zero-order valence-electron chi connectivity index (χ0n) is 25.6. The molecule has 1 aliphatic heterocycles. The summed E-state index contributed by atoms with van der Waals surface area (Å²) in [5, 5.41) is 2.47. The highest BCUT2D eigenvalue weighted by Gasteiger charge is 2.45. The molecule has 0 N–H and O–H groups in total. The van der Waals surface area contributed by atoms with E-state index in [0.29, 0.717) is 0 Å². The van der Waals surface area contributed by atoms with E-state index in [2.05, 4.69) is 185 Å². The number of benzene rings is 7. The highest BCUT2D eigenvalue weighted by Crippen LogP contribution is 2.55. The molecule has 220 valence electrons. The van der Waals surface area contributed by atoms with E-state index < -0.39 is 5.41 Å². The molecule has 2 aromatic heterocycles. The van der Waals surface area contributed by atoms with Crippen LogP contribution in [0.1, 0.15) is 22.3 Å². The van der Waals surface area contributed by atoms with Gasteiger partial charge in [0.25, 0.3) is 0 Å². The molecule has 0 bridgehead atoms. The van der Waals surface area contributed by atoms with Gasteiger partial charge in [-0.15, -0.1) is 0 Å². The Hall–Kier alpha value is -6.19. The average Bonchev–Trinajstić information content (AvgIpc) is 3.70. The number of hydrogen-bond acceptors (Lipinski definition) is 1. The van der Waals surface area contributed by atoms with Gasteiger partial charge in [0.1, 0.15) is 5.82 Å². The molecule has 0 unspecified atom stereocenters. The quantitative estimate of drug-likeness (QED) is 0.197. The van der Waals surface area contributed by atoms with Gasteiger partial charge in [-0.1, -0.05) is 140 Å². The second kappa shape index (κ2) is 9.90. The molecule has 0 saturated carbocycles. The van der Waals surface area contributed by atoms with E-state index in [1.54, 1.807) is 0 Å². The fourth-order valence-corrected chi connectivity index (χ4v) is 8.11. The number of imidazole rings is 1. The summed E-state index contributed by atoms with van der Waals surface area (Å²) in [4.78, 5) is 5.22. The predicted molar refractivity (Wildman–Crippen MR) is 193 cm³/mol. The molecule has 0 spiro atoms. The number of nitrogens with zero attached hydrogens (tertiary/aromatic N) is 3. The van der Waals surface area contributed by atoms with Crippen LogP contribution in [0.2, 0.25) is 0 Å². The third-order valence-electron chi connectivity index (χ3n) is 9.97. The van der Waals surface area contributed by atoms with Crippen LogP contribution in [0.3, 0.4) is 0 Å². The molecule has 3 heteroatoms. The largest absolute Gasteiger partial charge is 0.309 e. The number of fused-ring (bicyclic) bond motifs is 6. The standard InChI is InChI=1S/C44H29N3/c1-4-16-30(17-5-1)43-45-38-24-12-15-27-41(38)46(43)33-28-35-34-22-10-13-25-39(34)47-40-26-14-11-23-36(40)44(37(29-33)42(35)47,31-18-6-2-7-19-31)32-20-8-3-9-21-32/h1-29H. The van der Waals surface area contributed by atoms with E-state index in [9.17, 15) is 0 Å². The van der Waals surface area contributed by atoms with Crippen molar-refractivity contribution in [3.05, 3.63) is 198 Å². The molecular weight excluding hydrogens is 571 g/mol. The lowest BCUT2D eigenvalue weighted by Gasteiger charge is -2.42. The highest BCUT2D eigenvalue weighted by molar-refractivity contribution is 6.13. The van der Waals surface area contributed by atoms with E-state index in [0.717, 1.165) is 28.1 Å². The molecule has 0 atom stereocenters. The molecule has 47 heavy (non-hydrogen) atoms. The number of para-hydroxylation sites is 4. The maximum Gasteiger partial charge on any atom is 0.145 e. The van der Waals surface area contributed by atoms with Crippen LogP contribution in [0.5, 0.6) is 0 Å². The van der Waals surface area contributed by atoms with Crippen LogP contribution in [0, 0.1) is 0 Å². The van der Waals surface area contributed by atoms with E-state index >= 15 is 0 Å². The third-order valence-corrected chi connectivity index (χ3v) is 9.97. The summed E-state index contributed by atoms with van der Waals surface area (Å²) in [7, 11) is 0. The Morgan fingerprint density at radius 1 is 0.447 bits per heavy atom. The minimum absolute atomic E-state index is 0.568. The fraction of sp³-hybridized carbons (Fsp3) is 0.0227. The second-order valence-corrected chi connectivity index (χ2v) is 12.4. The second-order valence-electron chi connectivity index (χ2n) is 12.4. The van der Waals surface area contributed by atoms with Gasteiger partial charge in [-0.05, 0) is 58.7 Å². The van der Waals surface area contributed by atoms with Gasteiger partial charge >= 0.3 is 0 Å². The first kappa shape index (κ1) is 26.1. The molecule has 0 aliphatic carbocycles. The van der Waals surface area contributed by atoms with Crippen LogP contribution in [0.15, 0.2) is 176 Å². The zero-order chi connectivity index (χ0) is 31.0. The topological polar surface area (TPSA) is 22.8 Å². The smallest absolute Gasteiger partial charge is 0.145 e. The van der Waals surface area contributed by atoms with Crippen LogP contribution in [-0.2, 0) is 5.41 Å². The molecular formula is C44H29N3. The minimum atomic E-state index is -0.568. The normalized spacial score (nSPS) is 13.3. The molecule has 0 radical (unpaired) electrons. The monoisotopic (exact) mass is 599 g/mol. The van der Waals surface area contributed by atoms with Crippen molar-refractivity contribution >= 4 is 32.8 Å². The Morgan fingerprint density at radius 3 is 1.79 bits per heavy atom. The molecule has 7 aromatic carbocycles. The minimum Gasteiger partial charge on any atom is -0.309 e. The van der Waals surface area contributed by atoms with Crippen molar-refractivity contribution in [1.29, 1.82) is 0 Å². The lowest BCUT2D eigenvalue weighted by atomic mass is 9.63. The molecule has 0 fully saturated rings. The number of aromatic nitrogens is 3.